The molecule has 4 rings (SSSR count). The zero-order chi connectivity index (χ0) is 25.3. The van der Waals surface area contributed by atoms with Crippen molar-refractivity contribution in [2.24, 2.45) is 0 Å². The molecule has 0 atom stereocenters. The van der Waals surface area contributed by atoms with E-state index in [0.717, 1.165) is 32.5 Å². The lowest BCUT2D eigenvalue weighted by Crippen LogP contribution is -2.39. The van der Waals surface area contributed by atoms with E-state index in [1.165, 1.54) is 32.6 Å². The number of amides is 1. The number of carbonyl (C=O) groups excluding carboxylic acids is 2. The monoisotopic (exact) mass is 520 g/mol. The van der Waals surface area contributed by atoms with Crippen LogP contribution in [0, 0.1) is 6.92 Å². The predicted molar refractivity (Wildman–Crippen MR) is 133 cm³/mol. The second-order valence-electron chi connectivity index (χ2n) is 8.96. The van der Waals surface area contributed by atoms with Crippen LogP contribution in [0.4, 0.5) is 5.69 Å². The third kappa shape index (κ3) is 5.32. The lowest BCUT2D eigenvalue weighted by molar-refractivity contribution is -0.116. The van der Waals surface area contributed by atoms with Crippen LogP contribution >= 0.6 is 11.6 Å². The highest BCUT2D eigenvalue weighted by Crippen LogP contribution is 2.45. The lowest BCUT2D eigenvalue weighted by Gasteiger charge is -2.30. The summed E-state index contributed by atoms with van der Waals surface area (Å²) in [5.41, 5.74) is 1.46. The number of carbonyl (C=O) groups is 2. The van der Waals surface area contributed by atoms with Crippen molar-refractivity contribution in [3.63, 3.8) is 0 Å². The Morgan fingerprint density at radius 3 is 2.49 bits per heavy atom. The van der Waals surface area contributed by atoms with Crippen molar-refractivity contribution in [1.82, 2.24) is 4.90 Å². The molecule has 0 aromatic heterocycles. The maximum atomic E-state index is 13.4. The van der Waals surface area contributed by atoms with Crippen molar-refractivity contribution in [3.8, 4) is 11.5 Å². The van der Waals surface area contributed by atoms with Gasteiger partial charge in [0.2, 0.25) is 5.91 Å². The molecule has 2 heterocycles. The first-order chi connectivity index (χ1) is 16.6. The summed E-state index contributed by atoms with van der Waals surface area (Å²) in [6, 6.07) is 6.07. The molecule has 2 aromatic rings. The predicted octanol–water partition coefficient (Wildman–Crippen LogP) is 4.35. The SMILES string of the molecule is COC(=O)c1cc(C)c2c(c1)S(=O)(=O)Cc1cc(N(CCN3CCCCC3)C(C)=O)cc(Cl)c1O2. The molecule has 0 aliphatic carbocycles. The Bertz CT molecular complexity index is 1270. The summed E-state index contributed by atoms with van der Waals surface area (Å²) in [5.74, 6) is -0.827. The number of hydrogen-bond donors (Lipinski definition) is 0. The molecule has 35 heavy (non-hydrogen) atoms. The maximum Gasteiger partial charge on any atom is 0.337 e. The van der Waals surface area contributed by atoms with Crippen LogP contribution in [0.25, 0.3) is 0 Å². The van der Waals surface area contributed by atoms with E-state index in [1.54, 1.807) is 24.0 Å². The van der Waals surface area contributed by atoms with Gasteiger partial charge in [-0.3, -0.25) is 4.79 Å². The molecule has 10 heteroatoms. The van der Waals surface area contributed by atoms with Crippen molar-refractivity contribution >= 4 is 39.0 Å². The highest BCUT2D eigenvalue weighted by molar-refractivity contribution is 7.90. The number of halogens is 1. The average Bonchev–Trinajstić information content (AvgIpc) is 2.93. The Morgan fingerprint density at radius 1 is 1.11 bits per heavy atom. The Kier molecular flexibility index (Phi) is 7.40. The first-order valence-electron chi connectivity index (χ1n) is 11.6. The number of benzene rings is 2. The zero-order valence-corrected chi connectivity index (χ0v) is 21.7. The molecule has 1 fully saturated rings. The zero-order valence-electron chi connectivity index (χ0n) is 20.1. The van der Waals surface area contributed by atoms with Crippen molar-refractivity contribution in [3.05, 3.63) is 46.0 Å². The number of esters is 1. The van der Waals surface area contributed by atoms with Crippen LogP contribution in [-0.2, 0) is 25.1 Å². The van der Waals surface area contributed by atoms with Gasteiger partial charge in [-0.05, 0) is 62.7 Å². The molecule has 1 saturated heterocycles. The van der Waals surface area contributed by atoms with Gasteiger partial charge < -0.3 is 19.3 Å². The summed E-state index contributed by atoms with van der Waals surface area (Å²) >= 11 is 6.59. The standard InChI is InChI=1S/C25H29ClN2O6S/c1-16-11-18(25(30)33-3)13-22-23(16)34-24-19(15-35(22,31)32)12-20(14-21(24)26)28(17(2)29)10-9-27-7-5-4-6-8-27/h11-14H,4-10,15H2,1-3H3. The van der Waals surface area contributed by atoms with Gasteiger partial charge in [-0.25, -0.2) is 13.2 Å². The molecule has 1 amide bonds. The molecular weight excluding hydrogens is 492 g/mol. The minimum atomic E-state index is -3.89. The molecular formula is C25H29ClN2O6S. The summed E-state index contributed by atoms with van der Waals surface area (Å²) in [5, 5.41) is 0.209. The summed E-state index contributed by atoms with van der Waals surface area (Å²) < 4.78 is 37.5. The van der Waals surface area contributed by atoms with Gasteiger partial charge in [0.15, 0.2) is 9.84 Å². The van der Waals surface area contributed by atoms with Crippen LogP contribution in [0.5, 0.6) is 11.5 Å². The molecule has 0 spiro atoms. The number of methoxy groups -OCH3 is 1. The van der Waals surface area contributed by atoms with E-state index in [2.05, 4.69) is 4.90 Å². The fraction of sp³-hybridized carbons (Fsp3) is 0.440. The van der Waals surface area contributed by atoms with Gasteiger partial charge in [0.25, 0.3) is 0 Å². The van der Waals surface area contributed by atoms with Crippen LogP contribution in [0.15, 0.2) is 29.2 Å². The number of rotatable bonds is 5. The smallest absolute Gasteiger partial charge is 0.337 e. The molecule has 0 N–H and O–H groups in total. The molecule has 8 nitrogen and oxygen atoms in total. The lowest BCUT2D eigenvalue weighted by atomic mass is 10.1. The first kappa shape index (κ1) is 25.5. The number of nitrogens with zero attached hydrogens (tertiary/aromatic N) is 2. The molecule has 2 aliphatic heterocycles. The summed E-state index contributed by atoms with van der Waals surface area (Å²) in [6.45, 7) is 6.36. The van der Waals surface area contributed by atoms with E-state index in [-0.39, 0.29) is 38.6 Å². The van der Waals surface area contributed by atoms with Gasteiger partial charge in [-0.2, -0.15) is 0 Å². The largest absolute Gasteiger partial charge is 0.465 e. The van der Waals surface area contributed by atoms with Crippen LogP contribution in [-0.4, -0.2) is 58.5 Å². The Morgan fingerprint density at radius 2 is 1.83 bits per heavy atom. The molecule has 0 unspecified atom stereocenters. The van der Waals surface area contributed by atoms with E-state index in [9.17, 15) is 18.0 Å². The van der Waals surface area contributed by atoms with Gasteiger partial charge in [0, 0.05) is 31.3 Å². The first-order valence-corrected chi connectivity index (χ1v) is 13.6. The Labute approximate surface area is 210 Å². The number of fused-ring (bicyclic) bond motifs is 2. The van der Waals surface area contributed by atoms with Crippen molar-refractivity contribution in [2.75, 3.05) is 38.2 Å². The van der Waals surface area contributed by atoms with Crippen LogP contribution in [0.3, 0.4) is 0 Å². The number of anilines is 1. The van der Waals surface area contributed by atoms with Gasteiger partial charge in [0.1, 0.15) is 16.4 Å². The summed E-state index contributed by atoms with van der Waals surface area (Å²) in [4.78, 5) is 28.4. The minimum absolute atomic E-state index is 0.0970. The number of aryl methyl sites for hydroxylation is 1. The number of ether oxygens (including phenoxy) is 2. The van der Waals surface area contributed by atoms with E-state index < -0.39 is 15.8 Å². The second kappa shape index (κ2) is 10.2. The Balaban J connectivity index is 1.71. The highest BCUT2D eigenvalue weighted by atomic mass is 35.5. The number of sulfone groups is 1. The van der Waals surface area contributed by atoms with E-state index in [0.29, 0.717) is 23.4 Å². The highest BCUT2D eigenvalue weighted by Gasteiger charge is 2.32. The third-order valence-electron chi connectivity index (χ3n) is 6.43. The Hall–Kier alpha value is -2.62. The average molecular weight is 521 g/mol. The number of likely N-dealkylation sites (tertiary alicyclic amines) is 1. The molecule has 0 saturated carbocycles. The van der Waals surface area contributed by atoms with Crippen LogP contribution in [0.1, 0.15) is 47.7 Å². The van der Waals surface area contributed by atoms with Gasteiger partial charge in [0.05, 0.1) is 23.4 Å². The third-order valence-corrected chi connectivity index (χ3v) is 8.38. The molecule has 2 aromatic carbocycles. The van der Waals surface area contributed by atoms with Gasteiger partial charge in [-0.15, -0.1) is 0 Å². The number of piperidine rings is 1. The minimum Gasteiger partial charge on any atom is -0.465 e. The van der Waals surface area contributed by atoms with Crippen molar-refractivity contribution in [2.45, 2.75) is 43.8 Å². The van der Waals surface area contributed by atoms with E-state index in [4.69, 9.17) is 21.1 Å². The van der Waals surface area contributed by atoms with Crippen molar-refractivity contribution in [1.29, 1.82) is 0 Å². The topological polar surface area (TPSA) is 93.2 Å². The normalized spacial score (nSPS) is 16.9. The summed E-state index contributed by atoms with van der Waals surface area (Å²) in [7, 11) is -2.66. The van der Waals surface area contributed by atoms with E-state index in [1.807, 2.05) is 0 Å². The van der Waals surface area contributed by atoms with Crippen LogP contribution < -0.4 is 9.64 Å². The van der Waals surface area contributed by atoms with Crippen molar-refractivity contribution < 1.29 is 27.5 Å². The fourth-order valence-electron chi connectivity index (χ4n) is 4.63. The van der Waals surface area contributed by atoms with Gasteiger partial charge >= 0.3 is 5.97 Å². The summed E-state index contributed by atoms with van der Waals surface area (Å²) in [6.07, 6.45) is 3.53. The van der Waals surface area contributed by atoms with Crippen LogP contribution in [0.2, 0.25) is 5.02 Å². The maximum absolute atomic E-state index is 13.4. The molecule has 2 aliphatic rings. The molecule has 0 radical (unpaired) electrons. The van der Waals surface area contributed by atoms with E-state index >= 15 is 0 Å². The molecule has 188 valence electrons. The second-order valence-corrected chi connectivity index (χ2v) is 11.3. The number of hydrogen-bond acceptors (Lipinski definition) is 7. The quantitative estimate of drug-likeness (QED) is 0.541. The van der Waals surface area contributed by atoms with Gasteiger partial charge in [-0.1, -0.05) is 18.0 Å². The fourth-order valence-corrected chi connectivity index (χ4v) is 6.47. The molecule has 0 bridgehead atoms.